The van der Waals surface area contributed by atoms with Crippen molar-refractivity contribution in [1.29, 1.82) is 0 Å². The SMILES string of the molecule is CC(C)OCCOCC(O)CNCc1ccc(F)cc1F. The molecule has 0 saturated carbocycles. The van der Waals surface area contributed by atoms with E-state index < -0.39 is 17.7 Å². The number of aliphatic hydroxyl groups excluding tert-OH is 1. The third-order valence-corrected chi connectivity index (χ3v) is 2.70. The van der Waals surface area contributed by atoms with Crippen LogP contribution in [0.25, 0.3) is 0 Å². The average molecular weight is 303 g/mol. The minimum absolute atomic E-state index is 0.158. The topological polar surface area (TPSA) is 50.7 Å². The predicted octanol–water partition coefficient (Wildman–Crippen LogP) is 1.86. The molecule has 1 unspecified atom stereocenters. The van der Waals surface area contributed by atoms with E-state index in [4.69, 9.17) is 9.47 Å². The molecule has 0 fully saturated rings. The van der Waals surface area contributed by atoms with Gasteiger partial charge in [0.15, 0.2) is 0 Å². The lowest BCUT2D eigenvalue weighted by Crippen LogP contribution is -2.30. The summed E-state index contributed by atoms with van der Waals surface area (Å²) < 4.78 is 36.6. The Hall–Kier alpha value is -1.08. The molecule has 0 bridgehead atoms. The van der Waals surface area contributed by atoms with Crippen molar-refractivity contribution in [3.05, 3.63) is 35.4 Å². The van der Waals surface area contributed by atoms with Crippen molar-refractivity contribution in [1.82, 2.24) is 5.32 Å². The molecule has 1 rings (SSSR count). The zero-order chi connectivity index (χ0) is 15.7. The van der Waals surface area contributed by atoms with Gasteiger partial charge in [-0.3, -0.25) is 0 Å². The number of ether oxygens (including phenoxy) is 2. The average Bonchev–Trinajstić information content (AvgIpc) is 2.40. The molecule has 0 saturated heterocycles. The maximum atomic E-state index is 13.3. The quantitative estimate of drug-likeness (QED) is 0.648. The van der Waals surface area contributed by atoms with Crippen molar-refractivity contribution in [2.45, 2.75) is 32.6 Å². The number of aliphatic hydroxyl groups is 1. The van der Waals surface area contributed by atoms with Gasteiger partial charge < -0.3 is 19.9 Å². The van der Waals surface area contributed by atoms with Crippen molar-refractivity contribution in [3.63, 3.8) is 0 Å². The first-order valence-corrected chi connectivity index (χ1v) is 7.01. The van der Waals surface area contributed by atoms with E-state index in [9.17, 15) is 13.9 Å². The van der Waals surface area contributed by atoms with Crippen molar-refractivity contribution in [2.75, 3.05) is 26.4 Å². The van der Waals surface area contributed by atoms with Gasteiger partial charge in [-0.2, -0.15) is 0 Å². The van der Waals surface area contributed by atoms with Gasteiger partial charge in [-0.15, -0.1) is 0 Å². The molecule has 0 aliphatic heterocycles. The highest BCUT2D eigenvalue weighted by molar-refractivity contribution is 5.18. The van der Waals surface area contributed by atoms with Gasteiger partial charge in [0, 0.05) is 24.7 Å². The molecule has 6 heteroatoms. The number of hydrogen-bond acceptors (Lipinski definition) is 4. The third kappa shape index (κ3) is 8.06. The summed E-state index contributed by atoms with van der Waals surface area (Å²) >= 11 is 0. The normalized spacial score (nSPS) is 12.9. The van der Waals surface area contributed by atoms with Crippen LogP contribution in [0.2, 0.25) is 0 Å². The largest absolute Gasteiger partial charge is 0.389 e. The fraction of sp³-hybridized carbons (Fsp3) is 0.600. The first-order valence-electron chi connectivity index (χ1n) is 7.01. The Balaban J connectivity index is 2.11. The summed E-state index contributed by atoms with van der Waals surface area (Å²) in [4.78, 5) is 0. The lowest BCUT2D eigenvalue weighted by Gasteiger charge is -2.13. The second-order valence-corrected chi connectivity index (χ2v) is 5.01. The summed E-state index contributed by atoms with van der Waals surface area (Å²) in [6.45, 7) is 5.45. The molecule has 0 spiro atoms. The van der Waals surface area contributed by atoms with Crippen molar-refractivity contribution >= 4 is 0 Å². The molecule has 21 heavy (non-hydrogen) atoms. The zero-order valence-corrected chi connectivity index (χ0v) is 12.4. The molecular weight excluding hydrogens is 280 g/mol. The number of hydrogen-bond donors (Lipinski definition) is 2. The van der Waals surface area contributed by atoms with Crippen molar-refractivity contribution in [3.8, 4) is 0 Å². The molecule has 120 valence electrons. The fourth-order valence-corrected chi connectivity index (χ4v) is 1.66. The van der Waals surface area contributed by atoms with E-state index in [2.05, 4.69) is 5.32 Å². The summed E-state index contributed by atoms with van der Waals surface area (Å²) in [5, 5.41) is 12.6. The lowest BCUT2D eigenvalue weighted by atomic mass is 10.2. The number of benzene rings is 1. The summed E-state index contributed by atoms with van der Waals surface area (Å²) in [6, 6.07) is 3.42. The van der Waals surface area contributed by atoms with Crippen LogP contribution in [-0.4, -0.2) is 43.7 Å². The molecule has 1 aromatic rings. The lowest BCUT2D eigenvalue weighted by molar-refractivity contribution is -0.0100. The highest BCUT2D eigenvalue weighted by Gasteiger charge is 2.06. The summed E-state index contributed by atoms with van der Waals surface area (Å²) in [7, 11) is 0. The summed E-state index contributed by atoms with van der Waals surface area (Å²) in [6.07, 6.45) is -0.529. The fourth-order valence-electron chi connectivity index (χ4n) is 1.66. The zero-order valence-electron chi connectivity index (χ0n) is 12.4. The van der Waals surface area contributed by atoms with Gasteiger partial charge in [0.1, 0.15) is 11.6 Å². The molecule has 1 atom stereocenters. The van der Waals surface area contributed by atoms with Crippen LogP contribution in [0.1, 0.15) is 19.4 Å². The summed E-state index contributed by atoms with van der Waals surface area (Å²) in [5.74, 6) is -1.20. The van der Waals surface area contributed by atoms with Crippen molar-refractivity contribution in [2.24, 2.45) is 0 Å². The maximum Gasteiger partial charge on any atom is 0.130 e. The van der Waals surface area contributed by atoms with Crippen LogP contribution in [0.5, 0.6) is 0 Å². The van der Waals surface area contributed by atoms with Gasteiger partial charge in [0.25, 0.3) is 0 Å². The van der Waals surface area contributed by atoms with Gasteiger partial charge in [0.05, 0.1) is 32.0 Å². The molecule has 0 amide bonds. The Morgan fingerprint density at radius 2 is 2.00 bits per heavy atom. The van der Waals surface area contributed by atoms with Gasteiger partial charge in [-0.1, -0.05) is 6.07 Å². The molecule has 2 N–H and O–H groups in total. The summed E-state index contributed by atoms with van der Waals surface area (Å²) in [5.41, 5.74) is 0.356. The van der Waals surface area contributed by atoms with Gasteiger partial charge in [-0.25, -0.2) is 8.78 Å². The van der Waals surface area contributed by atoms with Crippen LogP contribution in [-0.2, 0) is 16.0 Å². The number of rotatable bonds is 10. The van der Waals surface area contributed by atoms with Gasteiger partial charge >= 0.3 is 0 Å². The highest BCUT2D eigenvalue weighted by atomic mass is 19.1. The van der Waals surface area contributed by atoms with E-state index in [0.29, 0.717) is 18.8 Å². The Kier molecular flexibility index (Phi) is 8.37. The second-order valence-electron chi connectivity index (χ2n) is 5.01. The Bertz CT molecular complexity index is 416. The molecule has 0 aromatic heterocycles. The Morgan fingerprint density at radius 3 is 2.67 bits per heavy atom. The Labute approximate surface area is 124 Å². The van der Waals surface area contributed by atoms with Gasteiger partial charge in [0.2, 0.25) is 0 Å². The highest BCUT2D eigenvalue weighted by Crippen LogP contribution is 2.08. The van der Waals surface area contributed by atoms with E-state index in [1.807, 2.05) is 13.8 Å². The van der Waals surface area contributed by atoms with Crippen LogP contribution < -0.4 is 5.32 Å². The van der Waals surface area contributed by atoms with E-state index in [1.165, 1.54) is 12.1 Å². The molecule has 0 aliphatic carbocycles. The predicted molar refractivity (Wildman–Crippen MR) is 76.0 cm³/mol. The van der Waals surface area contributed by atoms with E-state index in [0.717, 1.165) is 6.07 Å². The molecule has 0 radical (unpaired) electrons. The molecule has 4 nitrogen and oxygen atoms in total. The molecule has 1 aromatic carbocycles. The van der Waals surface area contributed by atoms with Crippen LogP contribution in [0.15, 0.2) is 18.2 Å². The van der Waals surface area contributed by atoms with Crippen LogP contribution in [0.4, 0.5) is 8.78 Å². The van der Waals surface area contributed by atoms with Crippen LogP contribution in [0.3, 0.4) is 0 Å². The molecular formula is C15H23F2NO3. The number of halogens is 2. The monoisotopic (exact) mass is 303 g/mol. The van der Waals surface area contributed by atoms with Gasteiger partial charge in [-0.05, 0) is 19.9 Å². The minimum Gasteiger partial charge on any atom is -0.389 e. The second kappa shape index (κ2) is 9.78. The minimum atomic E-state index is -0.687. The van der Waals surface area contributed by atoms with E-state index >= 15 is 0 Å². The van der Waals surface area contributed by atoms with Crippen LogP contribution in [0, 0.1) is 11.6 Å². The third-order valence-electron chi connectivity index (χ3n) is 2.70. The smallest absolute Gasteiger partial charge is 0.130 e. The molecule has 0 aliphatic rings. The first-order chi connectivity index (χ1) is 9.99. The maximum absolute atomic E-state index is 13.3. The van der Waals surface area contributed by atoms with E-state index in [1.54, 1.807) is 0 Å². The standard InChI is InChI=1S/C15H23F2NO3/c1-11(2)21-6-5-20-10-14(19)9-18-8-12-3-4-13(16)7-15(12)17/h3-4,7,11,14,18-19H,5-6,8-10H2,1-2H3. The Morgan fingerprint density at radius 1 is 1.24 bits per heavy atom. The van der Waals surface area contributed by atoms with E-state index in [-0.39, 0.29) is 25.8 Å². The van der Waals surface area contributed by atoms with Crippen molar-refractivity contribution < 1.29 is 23.4 Å². The number of nitrogens with one attached hydrogen (secondary N) is 1. The van der Waals surface area contributed by atoms with Crippen LogP contribution >= 0.6 is 0 Å². The molecule has 0 heterocycles. The first kappa shape index (κ1) is 18.0.